The van der Waals surface area contributed by atoms with Crippen molar-refractivity contribution >= 4 is 16.8 Å². The van der Waals surface area contributed by atoms with Gasteiger partial charge in [-0.3, -0.25) is 9.78 Å². The van der Waals surface area contributed by atoms with Gasteiger partial charge in [0.15, 0.2) is 0 Å². The summed E-state index contributed by atoms with van der Waals surface area (Å²) in [4.78, 5) is 19.9. The van der Waals surface area contributed by atoms with E-state index < -0.39 is 0 Å². The number of fused-ring (bicyclic) bond motifs is 2. The summed E-state index contributed by atoms with van der Waals surface area (Å²) in [7, 11) is 0. The number of hydrogen-bond donors (Lipinski definition) is 1. The van der Waals surface area contributed by atoms with Gasteiger partial charge in [0, 0.05) is 24.2 Å². The third-order valence-electron chi connectivity index (χ3n) is 4.82. The Morgan fingerprint density at radius 1 is 1.21 bits per heavy atom. The summed E-state index contributed by atoms with van der Waals surface area (Å²) in [5, 5.41) is 10.3. The summed E-state index contributed by atoms with van der Waals surface area (Å²) in [6.07, 6.45) is 6.12. The van der Waals surface area contributed by atoms with E-state index in [9.17, 15) is 9.90 Å². The van der Waals surface area contributed by atoms with Gasteiger partial charge in [-0.15, -0.1) is 0 Å². The molecule has 1 aromatic heterocycles. The number of carbonyl (C=O) groups is 1. The average molecular weight is 326 g/mol. The van der Waals surface area contributed by atoms with Crippen molar-refractivity contribution in [2.75, 3.05) is 19.7 Å². The second-order valence-electron chi connectivity index (χ2n) is 6.51. The van der Waals surface area contributed by atoms with Crippen LogP contribution in [-0.2, 0) is 12.8 Å². The summed E-state index contributed by atoms with van der Waals surface area (Å²) < 4.78 is 0. The molecule has 1 N–H and O–H groups in total. The topological polar surface area (TPSA) is 53.4 Å². The van der Waals surface area contributed by atoms with Crippen LogP contribution >= 0.6 is 0 Å². The van der Waals surface area contributed by atoms with Crippen molar-refractivity contribution in [1.29, 1.82) is 0 Å². The number of aliphatic hydroxyl groups excluding tert-OH is 1. The zero-order valence-electron chi connectivity index (χ0n) is 14.4. The first-order valence-corrected chi connectivity index (χ1v) is 9.07. The molecule has 1 heterocycles. The number of nitrogens with zero attached hydrogens (tertiary/aromatic N) is 2. The molecule has 1 aliphatic carbocycles. The smallest absolute Gasteiger partial charge is 0.254 e. The van der Waals surface area contributed by atoms with E-state index in [0.29, 0.717) is 13.1 Å². The highest BCUT2D eigenvalue weighted by Gasteiger charge is 2.25. The van der Waals surface area contributed by atoms with E-state index in [-0.39, 0.29) is 12.5 Å². The molecule has 1 aromatic carbocycles. The molecule has 0 radical (unpaired) electrons. The molecule has 0 atom stereocenters. The number of hydrogen-bond acceptors (Lipinski definition) is 3. The van der Waals surface area contributed by atoms with Crippen LogP contribution in [0.25, 0.3) is 10.9 Å². The highest BCUT2D eigenvalue weighted by molar-refractivity contribution is 6.07. The molecule has 2 aromatic rings. The maximum Gasteiger partial charge on any atom is 0.254 e. The van der Waals surface area contributed by atoms with E-state index in [1.165, 1.54) is 0 Å². The Hall–Kier alpha value is -1.94. The van der Waals surface area contributed by atoms with Crippen molar-refractivity contribution in [2.45, 2.75) is 45.4 Å². The lowest BCUT2D eigenvalue weighted by Gasteiger charge is -2.26. The standard InChI is InChI=1S/C20H26N2O2/c1-2-3-12-22(13-14-23)20(24)19-15-8-4-6-10-17(15)21-18-11-7-5-9-16(18)19/h4,6,8,10,23H,2-3,5,7,9,11-14H2,1H3. The zero-order chi connectivity index (χ0) is 16.9. The van der Waals surface area contributed by atoms with Gasteiger partial charge in [0.25, 0.3) is 5.91 Å². The number of amides is 1. The lowest BCUT2D eigenvalue weighted by atomic mass is 9.89. The highest BCUT2D eigenvalue weighted by atomic mass is 16.3. The Morgan fingerprint density at radius 3 is 2.79 bits per heavy atom. The van der Waals surface area contributed by atoms with Crippen molar-refractivity contribution in [3.05, 3.63) is 41.1 Å². The molecule has 128 valence electrons. The third kappa shape index (κ3) is 3.29. The molecule has 0 fully saturated rings. The van der Waals surface area contributed by atoms with E-state index in [4.69, 9.17) is 4.98 Å². The second-order valence-corrected chi connectivity index (χ2v) is 6.51. The predicted octanol–water partition coefficient (Wildman–Crippen LogP) is 3.35. The van der Waals surface area contributed by atoms with E-state index in [1.54, 1.807) is 4.90 Å². The summed E-state index contributed by atoms with van der Waals surface area (Å²) >= 11 is 0. The molecule has 0 aliphatic heterocycles. The summed E-state index contributed by atoms with van der Waals surface area (Å²) in [5.74, 6) is 0.0502. The minimum atomic E-state index is 0.000656. The van der Waals surface area contributed by atoms with Gasteiger partial charge >= 0.3 is 0 Å². The first-order valence-electron chi connectivity index (χ1n) is 9.07. The van der Waals surface area contributed by atoms with E-state index >= 15 is 0 Å². The Balaban J connectivity index is 2.10. The molecule has 24 heavy (non-hydrogen) atoms. The van der Waals surface area contributed by atoms with Gasteiger partial charge in [-0.2, -0.15) is 0 Å². The van der Waals surface area contributed by atoms with Crippen LogP contribution in [0.3, 0.4) is 0 Å². The number of aryl methyl sites for hydroxylation is 1. The summed E-state index contributed by atoms with van der Waals surface area (Å²) in [5.41, 5.74) is 3.94. The average Bonchev–Trinajstić information content (AvgIpc) is 2.62. The number of para-hydroxylation sites is 1. The van der Waals surface area contributed by atoms with Crippen LogP contribution < -0.4 is 0 Å². The molecule has 0 saturated carbocycles. The molecule has 1 aliphatic rings. The normalized spacial score (nSPS) is 13.8. The molecule has 0 unspecified atom stereocenters. The molecule has 0 bridgehead atoms. The van der Waals surface area contributed by atoms with Gasteiger partial charge in [-0.25, -0.2) is 0 Å². The fourth-order valence-electron chi connectivity index (χ4n) is 3.56. The van der Waals surface area contributed by atoms with Crippen molar-refractivity contribution in [1.82, 2.24) is 9.88 Å². The number of carbonyl (C=O) groups excluding carboxylic acids is 1. The number of pyridine rings is 1. The third-order valence-corrected chi connectivity index (χ3v) is 4.82. The van der Waals surface area contributed by atoms with Crippen LogP contribution in [0.5, 0.6) is 0 Å². The molecule has 4 nitrogen and oxygen atoms in total. The minimum Gasteiger partial charge on any atom is -0.395 e. The Kier molecular flexibility index (Phi) is 5.46. The van der Waals surface area contributed by atoms with E-state index in [0.717, 1.165) is 66.2 Å². The number of unbranched alkanes of at least 4 members (excludes halogenated alkanes) is 1. The summed E-state index contributed by atoms with van der Waals surface area (Å²) in [6.45, 7) is 3.21. The van der Waals surface area contributed by atoms with Gasteiger partial charge < -0.3 is 10.0 Å². The Labute approximate surface area is 143 Å². The van der Waals surface area contributed by atoms with Crippen LogP contribution in [0.4, 0.5) is 0 Å². The maximum atomic E-state index is 13.3. The van der Waals surface area contributed by atoms with Crippen LogP contribution in [0, 0.1) is 0 Å². The van der Waals surface area contributed by atoms with Crippen molar-refractivity contribution in [3.8, 4) is 0 Å². The van der Waals surface area contributed by atoms with Crippen molar-refractivity contribution in [3.63, 3.8) is 0 Å². The molecule has 0 spiro atoms. The second kappa shape index (κ2) is 7.75. The molecule has 1 amide bonds. The Morgan fingerprint density at radius 2 is 2.00 bits per heavy atom. The SMILES string of the molecule is CCCCN(CCO)C(=O)c1c2c(nc3ccccc13)CCCC2. The molecular weight excluding hydrogens is 300 g/mol. The van der Waals surface area contributed by atoms with Gasteiger partial charge in [-0.1, -0.05) is 31.5 Å². The largest absolute Gasteiger partial charge is 0.395 e. The minimum absolute atomic E-state index is 0.000656. The molecular formula is C20H26N2O2. The van der Waals surface area contributed by atoms with E-state index in [2.05, 4.69) is 6.92 Å². The lowest BCUT2D eigenvalue weighted by molar-refractivity contribution is 0.0720. The monoisotopic (exact) mass is 326 g/mol. The first kappa shape index (κ1) is 16.9. The number of aromatic nitrogens is 1. The van der Waals surface area contributed by atoms with Crippen LogP contribution in [0.1, 0.15) is 54.2 Å². The predicted molar refractivity (Wildman–Crippen MR) is 96.3 cm³/mol. The molecule has 4 heteroatoms. The van der Waals surface area contributed by atoms with Crippen LogP contribution in [0.15, 0.2) is 24.3 Å². The first-order chi connectivity index (χ1) is 11.8. The van der Waals surface area contributed by atoms with Gasteiger partial charge in [-0.05, 0) is 43.7 Å². The van der Waals surface area contributed by atoms with Crippen molar-refractivity contribution in [2.24, 2.45) is 0 Å². The van der Waals surface area contributed by atoms with Gasteiger partial charge in [0.05, 0.1) is 17.7 Å². The zero-order valence-corrected chi connectivity index (χ0v) is 14.4. The lowest BCUT2D eigenvalue weighted by Crippen LogP contribution is -2.35. The van der Waals surface area contributed by atoms with E-state index in [1.807, 2.05) is 24.3 Å². The quantitative estimate of drug-likeness (QED) is 0.886. The molecule has 3 rings (SSSR count). The molecule has 0 saturated heterocycles. The number of rotatable bonds is 6. The summed E-state index contributed by atoms with van der Waals surface area (Å²) in [6, 6.07) is 7.94. The van der Waals surface area contributed by atoms with Crippen LogP contribution in [0.2, 0.25) is 0 Å². The highest BCUT2D eigenvalue weighted by Crippen LogP contribution is 2.30. The van der Waals surface area contributed by atoms with Gasteiger partial charge in [0.2, 0.25) is 0 Å². The number of aliphatic hydroxyl groups is 1. The van der Waals surface area contributed by atoms with Crippen molar-refractivity contribution < 1.29 is 9.90 Å². The maximum absolute atomic E-state index is 13.3. The van der Waals surface area contributed by atoms with Gasteiger partial charge in [0.1, 0.15) is 0 Å². The number of benzene rings is 1. The fourth-order valence-corrected chi connectivity index (χ4v) is 3.56. The fraction of sp³-hybridized carbons (Fsp3) is 0.500. The Bertz CT molecular complexity index is 727. The van der Waals surface area contributed by atoms with Crippen LogP contribution in [-0.4, -0.2) is 40.6 Å².